The first kappa shape index (κ1) is 12.5. The third-order valence-corrected chi connectivity index (χ3v) is 3.39. The Kier molecular flexibility index (Phi) is 3.07. The van der Waals surface area contributed by atoms with E-state index >= 15 is 0 Å². The van der Waals surface area contributed by atoms with Gasteiger partial charge in [-0.25, -0.2) is 9.37 Å². The number of anilines is 2. The van der Waals surface area contributed by atoms with Crippen LogP contribution < -0.4 is 5.32 Å². The maximum atomic E-state index is 13.1. The molecular formula is C15H13FN4. The highest BCUT2D eigenvalue weighted by atomic mass is 19.1. The number of hydrogen-bond donors (Lipinski definition) is 1. The lowest BCUT2D eigenvalue weighted by atomic mass is 10.2. The van der Waals surface area contributed by atoms with Gasteiger partial charge in [-0.3, -0.25) is 4.98 Å². The van der Waals surface area contributed by atoms with E-state index in [1.165, 1.54) is 0 Å². The molecule has 20 heavy (non-hydrogen) atoms. The molecule has 0 aliphatic heterocycles. The van der Waals surface area contributed by atoms with Crippen LogP contribution in [0.4, 0.5) is 15.9 Å². The number of rotatable bonds is 3. The topological polar surface area (TPSA) is 61.6 Å². The van der Waals surface area contributed by atoms with E-state index in [-0.39, 0.29) is 5.92 Å². The van der Waals surface area contributed by atoms with Crippen LogP contribution in [-0.2, 0) is 0 Å². The first-order valence-electron chi connectivity index (χ1n) is 6.43. The molecule has 5 heteroatoms. The summed E-state index contributed by atoms with van der Waals surface area (Å²) in [6.45, 7) is 1.87. The number of aryl methyl sites for hydroxylation is 1. The molecule has 0 amide bonds. The van der Waals surface area contributed by atoms with Gasteiger partial charge in [0.05, 0.1) is 16.9 Å². The van der Waals surface area contributed by atoms with Gasteiger partial charge in [-0.15, -0.1) is 0 Å². The standard InChI is InChI=1S/C15H13FN4/c1-9-13(3-2-6-18-9)19-15-10(8-17)4-5-14(20-15)11-7-12(11)16/h2-6,11-12H,7H2,1H3,(H,19,20)/t11-,12?/m1/s1. The molecule has 0 aromatic carbocycles. The van der Waals surface area contributed by atoms with Crippen molar-refractivity contribution in [3.05, 3.63) is 47.4 Å². The number of alkyl halides is 1. The molecule has 1 aliphatic rings. The van der Waals surface area contributed by atoms with Gasteiger partial charge in [0.1, 0.15) is 18.1 Å². The summed E-state index contributed by atoms with van der Waals surface area (Å²) in [5.74, 6) is 0.332. The summed E-state index contributed by atoms with van der Waals surface area (Å²) < 4.78 is 13.1. The van der Waals surface area contributed by atoms with Crippen LogP contribution >= 0.6 is 0 Å². The van der Waals surface area contributed by atoms with Crippen molar-refractivity contribution in [2.75, 3.05) is 5.32 Å². The molecule has 1 fully saturated rings. The van der Waals surface area contributed by atoms with E-state index in [0.717, 1.165) is 11.4 Å². The highest BCUT2D eigenvalue weighted by molar-refractivity contribution is 5.64. The van der Waals surface area contributed by atoms with Gasteiger partial charge in [0.2, 0.25) is 0 Å². The van der Waals surface area contributed by atoms with Gasteiger partial charge in [-0.05, 0) is 37.6 Å². The molecule has 3 rings (SSSR count). The smallest absolute Gasteiger partial charge is 0.148 e. The monoisotopic (exact) mass is 268 g/mol. The van der Waals surface area contributed by atoms with Crippen LogP contribution in [0.2, 0.25) is 0 Å². The second-order valence-corrected chi connectivity index (χ2v) is 4.86. The van der Waals surface area contributed by atoms with E-state index < -0.39 is 6.17 Å². The number of nitriles is 1. The minimum atomic E-state index is -0.802. The van der Waals surface area contributed by atoms with Gasteiger partial charge in [0, 0.05) is 17.8 Å². The number of nitrogens with zero attached hydrogens (tertiary/aromatic N) is 3. The van der Waals surface area contributed by atoms with Crippen molar-refractivity contribution in [3.63, 3.8) is 0 Å². The van der Waals surface area contributed by atoms with E-state index in [2.05, 4.69) is 21.4 Å². The Morgan fingerprint density at radius 1 is 1.40 bits per heavy atom. The van der Waals surface area contributed by atoms with Crippen LogP contribution in [0.5, 0.6) is 0 Å². The quantitative estimate of drug-likeness (QED) is 0.928. The van der Waals surface area contributed by atoms with E-state index in [4.69, 9.17) is 5.26 Å². The molecule has 1 N–H and O–H groups in total. The predicted molar refractivity (Wildman–Crippen MR) is 73.5 cm³/mol. The SMILES string of the molecule is Cc1ncccc1Nc1nc([C@@H]2CC2F)ccc1C#N. The summed E-state index contributed by atoms with van der Waals surface area (Å²) in [7, 11) is 0. The van der Waals surface area contributed by atoms with Gasteiger partial charge < -0.3 is 5.32 Å². The van der Waals surface area contributed by atoms with E-state index in [9.17, 15) is 4.39 Å². The molecule has 2 aromatic heterocycles. The third-order valence-electron chi connectivity index (χ3n) is 3.39. The maximum absolute atomic E-state index is 13.1. The fourth-order valence-electron chi connectivity index (χ4n) is 2.08. The highest BCUT2D eigenvalue weighted by Crippen LogP contribution is 2.43. The molecule has 2 aromatic rings. The molecule has 100 valence electrons. The number of halogens is 1. The van der Waals surface area contributed by atoms with Crippen molar-refractivity contribution in [1.82, 2.24) is 9.97 Å². The number of aromatic nitrogens is 2. The second-order valence-electron chi connectivity index (χ2n) is 4.86. The average molecular weight is 268 g/mol. The Morgan fingerprint density at radius 3 is 2.85 bits per heavy atom. The van der Waals surface area contributed by atoms with Crippen LogP contribution in [0.25, 0.3) is 0 Å². The molecule has 0 saturated heterocycles. The van der Waals surface area contributed by atoms with E-state index in [0.29, 0.717) is 23.5 Å². The summed E-state index contributed by atoms with van der Waals surface area (Å²) in [5.41, 5.74) is 2.74. The van der Waals surface area contributed by atoms with Crippen LogP contribution in [0.3, 0.4) is 0 Å². The summed E-state index contributed by atoms with van der Waals surface area (Å²) in [6, 6.07) is 9.18. The van der Waals surface area contributed by atoms with Gasteiger partial charge in [-0.1, -0.05) is 0 Å². The number of pyridine rings is 2. The summed E-state index contributed by atoms with van der Waals surface area (Å²) in [4.78, 5) is 8.57. The Hall–Kier alpha value is -2.48. The zero-order valence-corrected chi connectivity index (χ0v) is 11.0. The van der Waals surface area contributed by atoms with Gasteiger partial charge in [0.25, 0.3) is 0 Å². The van der Waals surface area contributed by atoms with Crippen LogP contribution in [0.1, 0.15) is 29.3 Å². The van der Waals surface area contributed by atoms with E-state index in [1.54, 1.807) is 18.3 Å². The Bertz CT molecular complexity index is 693. The first-order chi connectivity index (χ1) is 9.69. The fraction of sp³-hybridized carbons (Fsp3) is 0.267. The lowest BCUT2D eigenvalue weighted by Crippen LogP contribution is -2.02. The predicted octanol–water partition coefficient (Wildman–Crippen LogP) is 3.23. The summed E-state index contributed by atoms with van der Waals surface area (Å²) in [5, 5.41) is 12.3. The van der Waals surface area contributed by atoms with Crippen LogP contribution in [0, 0.1) is 18.3 Å². The molecule has 1 saturated carbocycles. The van der Waals surface area contributed by atoms with Crippen molar-refractivity contribution >= 4 is 11.5 Å². The van der Waals surface area contributed by atoms with Crippen molar-refractivity contribution in [3.8, 4) is 6.07 Å². The van der Waals surface area contributed by atoms with Gasteiger partial charge in [0.15, 0.2) is 0 Å². The Balaban J connectivity index is 1.95. The first-order valence-corrected chi connectivity index (χ1v) is 6.43. The normalized spacial score (nSPS) is 20.2. The molecule has 1 unspecified atom stereocenters. The fourth-order valence-corrected chi connectivity index (χ4v) is 2.08. The minimum absolute atomic E-state index is 0.127. The molecule has 1 aliphatic carbocycles. The lowest BCUT2D eigenvalue weighted by molar-refractivity contribution is 0.467. The largest absolute Gasteiger partial charge is 0.338 e. The minimum Gasteiger partial charge on any atom is -0.338 e. The Labute approximate surface area is 116 Å². The molecule has 2 heterocycles. The summed E-state index contributed by atoms with van der Waals surface area (Å²) in [6.07, 6.45) is 1.42. The molecular weight excluding hydrogens is 255 g/mol. The molecule has 2 atom stereocenters. The third kappa shape index (κ3) is 2.32. The molecule has 0 bridgehead atoms. The van der Waals surface area contributed by atoms with Crippen LogP contribution in [0.15, 0.2) is 30.5 Å². The second kappa shape index (κ2) is 4.89. The van der Waals surface area contributed by atoms with Crippen molar-refractivity contribution < 1.29 is 4.39 Å². The maximum Gasteiger partial charge on any atom is 0.148 e. The molecule has 4 nitrogen and oxygen atoms in total. The zero-order chi connectivity index (χ0) is 14.1. The van der Waals surface area contributed by atoms with Crippen molar-refractivity contribution in [1.29, 1.82) is 5.26 Å². The Morgan fingerprint density at radius 2 is 2.20 bits per heavy atom. The van der Waals surface area contributed by atoms with E-state index in [1.807, 2.05) is 19.1 Å². The molecule has 0 radical (unpaired) electrons. The van der Waals surface area contributed by atoms with Crippen LogP contribution in [-0.4, -0.2) is 16.1 Å². The molecule has 0 spiro atoms. The lowest BCUT2D eigenvalue weighted by Gasteiger charge is -2.10. The summed E-state index contributed by atoms with van der Waals surface area (Å²) >= 11 is 0. The number of hydrogen-bond acceptors (Lipinski definition) is 4. The number of nitrogens with one attached hydrogen (secondary N) is 1. The van der Waals surface area contributed by atoms with Crippen molar-refractivity contribution in [2.24, 2.45) is 0 Å². The van der Waals surface area contributed by atoms with Gasteiger partial charge >= 0.3 is 0 Å². The highest BCUT2D eigenvalue weighted by Gasteiger charge is 2.40. The van der Waals surface area contributed by atoms with Crippen molar-refractivity contribution in [2.45, 2.75) is 25.4 Å². The van der Waals surface area contributed by atoms with Gasteiger partial charge in [-0.2, -0.15) is 5.26 Å². The zero-order valence-electron chi connectivity index (χ0n) is 11.0. The average Bonchev–Trinajstić information content (AvgIpc) is 3.18.